The van der Waals surface area contributed by atoms with Crippen molar-refractivity contribution >= 4 is 29.3 Å². The van der Waals surface area contributed by atoms with E-state index < -0.39 is 0 Å². The van der Waals surface area contributed by atoms with Gasteiger partial charge in [0, 0.05) is 35.2 Å². The third kappa shape index (κ3) is 5.55. The van der Waals surface area contributed by atoms with Gasteiger partial charge in [-0.05, 0) is 55.3 Å². The molecule has 0 bridgehead atoms. The van der Waals surface area contributed by atoms with Crippen LogP contribution in [0.4, 0.5) is 0 Å². The van der Waals surface area contributed by atoms with Gasteiger partial charge in [-0.3, -0.25) is 14.3 Å². The average Bonchev–Trinajstić information content (AvgIpc) is 3.23. The molecule has 0 saturated carbocycles. The maximum absolute atomic E-state index is 12.4. The largest absolute Gasteiger partial charge is 0.355 e. The number of nitrogens with one attached hydrogen (secondary N) is 1. The highest BCUT2D eigenvalue weighted by Gasteiger charge is 2.17. The van der Waals surface area contributed by atoms with Gasteiger partial charge in [0.25, 0.3) is 0 Å². The molecule has 0 spiro atoms. The molecule has 0 unspecified atom stereocenters. The summed E-state index contributed by atoms with van der Waals surface area (Å²) in [4.78, 5) is 16.5. The van der Waals surface area contributed by atoms with Crippen LogP contribution >= 0.6 is 23.4 Å². The van der Waals surface area contributed by atoms with Crippen molar-refractivity contribution in [1.82, 2.24) is 25.1 Å². The van der Waals surface area contributed by atoms with E-state index >= 15 is 0 Å². The van der Waals surface area contributed by atoms with Crippen molar-refractivity contribution < 1.29 is 4.79 Å². The third-order valence-electron chi connectivity index (χ3n) is 4.82. The Bertz CT molecular complexity index is 1190. The highest BCUT2D eigenvalue weighted by atomic mass is 35.5. The molecule has 0 aliphatic carbocycles. The summed E-state index contributed by atoms with van der Waals surface area (Å²) in [5, 5.41) is 13.1. The van der Waals surface area contributed by atoms with Crippen molar-refractivity contribution in [3.63, 3.8) is 0 Å². The van der Waals surface area contributed by atoms with Crippen molar-refractivity contribution in [2.45, 2.75) is 18.5 Å². The molecular weight excluding hydrogens is 442 g/mol. The Kier molecular flexibility index (Phi) is 7.19. The minimum atomic E-state index is -0.0547. The molecule has 0 saturated heterocycles. The number of hydrogen-bond donors (Lipinski definition) is 1. The number of carbonyl (C=O) groups excluding carboxylic acids is 1. The van der Waals surface area contributed by atoms with E-state index in [1.54, 1.807) is 12.4 Å². The van der Waals surface area contributed by atoms with E-state index in [2.05, 4.69) is 20.5 Å². The van der Waals surface area contributed by atoms with Crippen molar-refractivity contribution in [2.24, 2.45) is 0 Å². The smallest absolute Gasteiger partial charge is 0.230 e. The molecule has 162 valence electrons. The monoisotopic (exact) mass is 463 g/mol. The lowest BCUT2D eigenvalue weighted by atomic mass is 10.1. The molecule has 0 aliphatic heterocycles. The van der Waals surface area contributed by atoms with Gasteiger partial charge in [0.1, 0.15) is 0 Å². The first kappa shape index (κ1) is 22.0. The topological polar surface area (TPSA) is 72.7 Å². The SMILES string of the molecule is Cc1ccc(-n2c(SCC(=O)NCCc3cccc(Cl)c3)nnc2-c2ccncc2)cc1. The highest BCUT2D eigenvalue weighted by molar-refractivity contribution is 7.99. The van der Waals surface area contributed by atoms with Gasteiger partial charge in [-0.1, -0.05) is 53.2 Å². The minimum Gasteiger partial charge on any atom is -0.355 e. The second-order valence-corrected chi connectivity index (χ2v) is 8.61. The zero-order valence-electron chi connectivity index (χ0n) is 17.5. The van der Waals surface area contributed by atoms with Crippen LogP contribution in [0.5, 0.6) is 0 Å². The van der Waals surface area contributed by atoms with Crippen LogP contribution in [0.1, 0.15) is 11.1 Å². The number of benzene rings is 2. The first-order chi connectivity index (χ1) is 15.6. The van der Waals surface area contributed by atoms with E-state index in [-0.39, 0.29) is 11.7 Å². The summed E-state index contributed by atoms with van der Waals surface area (Å²) >= 11 is 7.37. The predicted octanol–water partition coefficient (Wildman–Crippen LogP) is 4.74. The number of rotatable bonds is 8. The van der Waals surface area contributed by atoms with Crippen LogP contribution in [0.3, 0.4) is 0 Å². The molecule has 4 rings (SSSR count). The summed E-state index contributed by atoms with van der Waals surface area (Å²) < 4.78 is 1.97. The molecule has 0 atom stereocenters. The fourth-order valence-electron chi connectivity index (χ4n) is 3.20. The first-order valence-electron chi connectivity index (χ1n) is 10.2. The molecule has 0 fully saturated rings. The maximum atomic E-state index is 12.4. The van der Waals surface area contributed by atoms with Gasteiger partial charge in [-0.2, -0.15) is 0 Å². The van der Waals surface area contributed by atoms with Crippen molar-refractivity contribution in [3.05, 3.63) is 89.2 Å². The van der Waals surface area contributed by atoms with Crippen molar-refractivity contribution in [3.8, 4) is 17.1 Å². The Balaban J connectivity index is 1.45. The standard InChI is InChI=1S/C24H22ClN5OS/c1-17-5-7-21(8-6-17)30-23(19-10-12-26-13-11-19)28-29-24(30)32-16-22(31)27-14-9-18-3-2-4-20(25)15-18/h2-8,10-13,15H,9,14,16H2,1H3,(H,27,31). The molecule has 1 amide bonds. The van der Waals surface area contributed by atoms with Crippen LogP contribution in [0.2, 0.25) is 5.02 Å². The van der Waals surface area contributed by atoms with Crippen LogP contribution in [0.25, 0.3) is 17.1 Å². The summed E-state index contributed by atoms with van der Waals surface area (Å²) in [5.41, 5.74) is 4.11. The molecule has 2 aromatic carbocycles. The Labute approximate surface area is 196 Å². The lowest BCUT2D eigenvalue weighted by Gasteiger charge is -2.11. The predicted molar refractivity (Wildman–Crippen MR) is 128 cm³/mol. The number of nitrogens with zero attached hydrogens (tertiary/aromatic N) is 4. The van der Waals surface area contributed by atoms with Crippen molar-refractivity contribution in [2.75, 3.05) is 12.3 Å². The van der Waals surface area contributed by atoms with E-state index in [1.807, 2.05) is 72.2 Å². The van der Waals surface area contributed by atoms with E-state index in [0.29, 0.717) is 22.5 Å². The molecule has 2 aromatic heterocycles. The van der Waals surface area contributed by atoms with Gasteiger partial charge >= 0.3 is 0 Å². The van der Waals surface area contributed by atoms with Gasteiger partial charge in [0.05, 0.1) is 5.75 Å². The van der Waals surface area contributed by atoms with E-state index in [9.17, 15) is 4.79 Å². The molecule has 0 radical (unpaired) electrons. The summed E-state index contributed by atoms with van der Waals surface area (Å²) in [6, 6.07) is 19.6. The van der Waals surface area contributed by atoms with Crippen LogP contribution in [0, 0.1) is 6.92 Å². The number of halogens is 1. The average molecular weight is 464 g/mol. The number of aromatic nitrogens is 4. The fourth-order valence-corrected chi connectivity index (χ4v) is 4.19. The Morgan fingerprint density at radius 2 is 1.84 bits per heavy atom. The Hall–Kier alpha value is -3.16. The van der Waals surface area contributed by atoms with Crippen LogP contribution in [-0.2, 0) is 11.2 Å². The molecule has 0 aliphatic rings. The Morgan fingerprint density at radius 1 is 1.06 bits per heavy atom. The summed E-state index contributed by atoms with van der Waals surface area (Å²) in [6.07, 6.45) is 4.18. The number of aryl methyl sites for hydroxylation is 1. The van der Waals surface area contributed by atoms with Crippen LogP contribution < -0.4 is 5.32 Å². The van der Waals surface area contributed by atoms with E-state index in [4.69, 9.17) is 11.6 Å². The fraction of sp³-hybridized carbons (Fsp3) is 0.167. The summed E-state index contributed by atoms with van der Waals surface area (Å²) in [5.74, 6) is 0.900. The molecule has 6 nitrogen and oxygen atoms in total. The number of carbonyl (C=O) groups is 1. The molecule has 1 N–H and O–H groups in total. The summed E-state index contributed by atoms with van der Waals surface area (Å²) in [6.45, 7) is 2.59. The maximum Gasteiger partial charge on any atom is 0.230 e. The zero-order valence-corrected chi connectivity index (χ0v) is 19.1. The minimum absolute atomic E-state index is 0.0547. The van der Waals surface area contributed by atoms with Crippen LogP contribution in [-0.4, -0.2) is 38.0 Å². The number of pyridine rings is 1. The summed E-state index contributed by atoms with van der Waals surface area (Å²) in [7, 11) is 0. The second kappa shape index (κ2) is 10.4. The van der Waals surface area contributed by atoms with Gasteiger partial charge in [0.15, 0.2) is 11.0 Å². The zero-order chi connectivity index (χ0) is 22.3. The number of thioether (sulfide) groups is 1. The molecule has 8 heteroatoms. The second-order valence-electron chi connectivity index (χ2n) is 7.23. The highest BCUT2D eigenvalue weighted by Crippen LogP contribution is 2.27. The van der Waals surface area contributed by atoms with E-state index in [1.165, 1.54) is 17.3 Å². The normalized spacial score (nSPS) is 10.8. The molecule has 32 heavy (non-hydrogen) atoms. The van der Waals surface area contributed by atoms with Crippen molar-refractivity contribution in [1.29, 1.82) is 0 Å². The first-order valence-corrected chi connectivity index (χ1v) is 11.5. The molecule has 4 aromatic rings. The lowest BCUT2D eigenvalue weighted by Crippen LogP contribution is -2.27. The lowest BCUT2D eigenvalue weighted by molar-refractivity contribution is -0.118. The Morgan fingerprint density at radius 3 is 2.59 bits per heavy atom. The quantitative estimate of drug-likeness (QED) is 0.382. The number of hydrogen-bond acceptors (Lipinski definition) is 5. The van der Waals surface area contributed by atoms with Crippen LogP contribution in [0.15, 0.2) is 78.2 Å². The van der Waals surface area contributed by atoms with E-state index in [0.717, 1.165) is 23.2 Å². The molecule has 2 heterocycles. The van der Waals surface area contributed by atoms with Gasteiger partial charge in [-0.15, -0.1) is 10.2 Å². The van der Waals surface area contributed by atoms with Gasteiger partial charge < -0.3 is 5.32 Å². The van der Waals surface area contributed by atoms with Gasteiger partial charge in [-0.25, -0.2) is 0 Å². The molecular formula is C24H22ClN5OS. The third-order valence-corrected chi connectivity index (χ3v) is 5.99. The number of amides is 1. The van der Waals surface area contributed by atoms with Gasteiger partial charge in [0.2, 0.25) is 5.91 Å².